The number of nitrogens with zero attached hydrogens (tertiary/aromatic N) is 2. The van der Waals surface area contributed by atoms with Gasteiger partial charge in [-0.25, -0.2) is 0 Å². The lowest BCUT2D eigenvalue weighted by Crippen LogP contribution is -2.32. The van der Waals surface area contributed by atoms with Gasteiger partial charge in [0.05, 0.1) is 0 Å². The summed E-state index contributed by atoms with van der Waals surface area (Å²) in [4.78, 5) is 13.5. The van der Waals surface area contributed by atoms with Crippen molar-refractivity contribution >= 4 is 5.91 Å². The van der Waals surface area contributed by atoms with Crippen molar-refractivity contribution < 1.29 is 4.79 Å². The van der Waals surface area contributed by atoms with E-state index in [1.165, 1.54) is 0 Å². The van der Waals surface area contributed by atoms with E-state index in [0.717, 1.165) is 19.4 Å². The van der Waals surface area contributed by atoms with Crippen LogP contribution in [0, 0.1) is 6.92 Å². The largest absolute Gasteiger partial charge is 0.334 e. The minimum Gasteiger partial charge on any atom is -0.334 e. The van der Waals surface area contributed by atoms with Crippen LogP contribution in [0.2, 0.25) is 0 Å². The summed E-state index contributed by atoms with van der Waals surface area (Å²) in [6.45, 7) is 4.78. The lowest BCUT2D eigenvalue weighted by atomic mass is 10.3. The van der Waals surface area contributed by atoms with Crippen LogP contribution in [-0.4, -0.2) is 21.9 Å². The summed E-state index contributed by atoms with van der Waals surface area (Å²) in [6.07, 6.45) is 6.48. The van der Waals surface area contributed by atoms with Gasteiger partial charge < -0.3 is 9.47 Å². The van der Waals surface area contributed by atoms with Crippen molar-refractivity contribution in [1.29, 1.82) is 0 Å². The minimum atomic E-state index is 0.111. The number of amides is 1. The molecule has 0 N–H and O–H groups in total. The van der Waals surface area contributed by atoms with E-state index in [9.17, 15) is 4.79 Å². The molecule has 3 nitrogen and oxygen atoms in total. The third-order valence-electron chi connectivity index (χ3n) is 2.70. The molecule has 2 rings (SSSR count). The van der Waals surface area contributed by atoms with Gasteiger partial charge in [-0.1, -0.05) is 0 Å². The van der Waals surface area contributed by atoms with E-state index in [1.807, 2.05) is 29.4 Å². The molecule has 0 saturated carbocycles. The van der Waals surface area contributed by atoms with Gasteiger partial charge in [-0.05, 0) is 31.9 Å². The zero-order chi connectivity index (χ0) is 9.97. The molecule has 0 aliphatic carbocycles. The summed E-state index contributed by atoms with van der Waals surface area (Å²) < 4.78 is 2.05. The van der Waals surface area contributed by atoms with Crippen LogP contribution in [0.25, 0.3) is 0 Å². The van der Waals surface area contributed by atoms with Gasteiger partial charge in [0.1, 0.15) is 6.17 Å². The van der Waals surface area contributed by atoms with E-state index < -0.39 is 0 Å². The predicted molar refractivity (Wildman–Crippen MR) is 54.4 cm³/mol. The Balaban J connectivity index is 2.17. The second-order valence-electron chi connectivity index (χ2n) is 3.59. The molecular weight excluding hydrogens is 176 g/mol. The maximum Gasteiger partial charge on any atom is 0.224 e. The highest BCUT2D eigenvalue weighted by atomic mass is 16.2. The number of carbonyl (C=O) groups excluding carboxylic acids is 1. The van der Waals surface area contributed by atoms with Crippen LogP contribution in [0.1, 0.15) is 25.4 Å². The van der Waals surface area contributed by atoms with Gasteiger partial charge in [-0.3, -0.25) is 4.79 Å². The average molecular weight is 191 g/mol. The van der Waals surface area contributed by atoms with Crippen LogP contribution >= 0.6 is 0 Å². The summed E-state index contributed by atoms with van der Waals surface area (Å²) >= 11 is 0. The second kappa shape index (κ2) is 3.86. The molecule has 1 aliphatic heterocycles. The monoisotopic (exact) mass is 191 g/mol. The predicted octanol–water partition coefficient (Wildman–Crippen LogP) is 1.83. The minimum absolute atomic E-state index is 0.111. The highest BCUT2D eigenvalue weighted by Crippen LogP contribution is 2.23. The quantitative estimate of drug-likeness (QED) is 0.715. The molecule has 1 radical (unpaired) electrons. The Labute approximate surface area is 84.3 Å². The van der Waals surface area contributed by atoms with Gasteiger partial charge in [0.25, 0.3) is 0 Å². The fraction of sp³-hybridized carbons (Fsp3) is 0.455. The van der Waals surface area contributed by atoms with E-state index in [4.69, 9.17) is 0 Å². The summed E-state index contributed by atoms with van der Waals surface area (Å²) in [5.74, 6) is 0.257. The van der Waals surface area contributed by atoms with E-state index >= 15 is 0 Å². The van der Waals surface area contributed by atoms with Gasteiger partial charge in [-0.2, -0.15) is 0 Å². The highest BCUT2D eigenvalue weighted by Gasteiger charge is 2.27. The van der Waals surface area contributed by atoms with Crippen molar-refractivity contribution in [1.82, 2.24) is 9.47 Å². The van der Waals surface area contributed by atoms with Crippen LogP contribution in [-0.2, 0) is 4.79 Å². The number of carbonyl (C=O) groups is 1. The number of hydrogen-bond donors (Lipinski definition) is 0. The molecule has 1 saturated heterocycles. The van der Waals surface area contributed by atoms with E-state index in [1.54, 1.807) is 0 Å². The smallest absolute Gasteiger partial charge is 0.224 e. The van der Waals surface area contributed by atoms with Gasteiger partial charge >= 0.3 is 0 Å². The Hall–Kier alpha value is -1.25. The first-order valence-corrected chi connectivity index (χ1v) is 5.04. The third-order valence-corrected chi connectivity index (χ3v) is 2.70. The molecule has 3 heteroatoms. The molecule has 1 amide bonds. The fourth-order valence-corrected chi connectivity index (χ4v) is 2.00. The van der Waals surface area contributed by atoms with E-state index in [-0.39, 0.29) is 12.1 Å². The molecule has 1 fully saturated rings. The van der Waals surface area contributed by atoms with Crippen LogP contribution in [0.5, 0.6) is 0 Å². The van der Waals surface area contributed by atoms with Crippen molar-refractivity contribution in [3.8, 4) is 0 Å². The molecule has 1 atom stereocenters. The fourth-order valence-electron chi connectivity index (χ4n) is 2.00. The molecule has 1 aromatic rings. The van der Waals surface area contributed by atoms with Gasteiger partial charge in [-0.15, -0.1) is 0 Å². The third kappa shape index (κ3) is 1.54. The molecule has 0 spiro atoms. The Kier molecular flexibility index (Phi) is 2.57. The Morgan fingerprint density at radius 1 is 1.43 bits per heavy atom. The molecule has 0 aromatic carbocycles. The SMILES string of the molecule is [CH2]CC(N1CCCC1=O)n1cccc1. The summed E-state index contributed by atoms with van der Waals surface area (Å²) in [5.41, 5.74) is 0. The maximum absolute atomic E-state index is 11.6. The highest BCUT2D eigenvalue weighted by molar-refractivity contribution is 5.78. The number of rotatable bonds is 3. The molecule has 75 valence electrons. The first-order chi connectivity index (χ1) is 6.83. The Bertz CT molecular complexity index is 305. The van der Waals surface area contributed by atoms with Crippen molar-refractivity contribution in [2.24, 2.45) is 0 Å². The second-order valence-corrected chi connectivity index (χ2v) is 3.59. The van der Waals surface area contributed by atoms with Gasteiger partial charge in [0.2, 0.25) is 5.91 Å². The molecule has 1 aliphatic rings. The lowest BCUT2D eigenvalue weighted by Gasteiger charge is -2.28. The van der Waals surface area contributed by atoms with Gasteiger partial charge in [0, 0.05) is 25.4 Å². The number of likely N-dealkylation sites (tertiary alicyclic amines) is 1. The Morgan fingerprint density at radius 3 is 2.64 bits per heavy atom. The number of aromatic nitrogens is 1. The summed E-state index contributed by atoms with van der Waals surface area (Å²) in [5, 5.41) is 0. The van der Waals surface area contributed by atoms with Crippen LogP contribution < -0.4 is 0 Å². The normalized spacial score (nSPS) is 18.9. The zero-order valence-corrected chi connectivity index (χ0v) is 8.22. The lowest BCUT2D eigenvalue weighted by molar-refractivity contribution is -0.131. The molecule has 0 bridgehead atoms. The van der Waals surface area contributed by atoms with Crippen LogP contribution in [0.3, 0.4) is 0 Å². The van der Waals surface area contributed by atoms with Crippen molar-refractivity contribution in [2.75, 3.05) is 6.54 Å². The van der Waals surface area contributed by atoms with Crippen molar-refractivity contribution in [3.05, 3.63) is 31.5 Å². The Morgan fingerprint density at radius 2 is 2.14 bits per heavy atom. The van der Waals surface area contributed by atoms with Crippen LogP contribution in [0.4, 0.5) is 0 Å². The molecule has 2 heterocycles. The first kappa shape index (κ1) is 9.31. The number of hydrogen-bond acceptors (Lipinski definition) is 1. The summed E-state index contributed by atoms with van der Waals surface area (Å²) in [7, 11) is 0. The van der Waals surface area contributed by atoms with Gasteiger partial charge in [0.15, 0.2) is 0 Å². The molecule has 14 heavy (non-hydrogen) atoms. The maximum atomic E-state index is 11.6. The molecule has 1 unspecified atom stereocenters. The van der Waals surface area contributed by atoms with Crippen molar-refractivity contribution in [3.63, 3.8) is 0 Å². The first-order valence-electron chi connectivity index (χ1n) is 5.04. The molecular formula is C11H15N2O. The average Bonchev–Trinajstić information content (AvgIpc) is 2.80. The van der Waals surface area contributed by atoms with Crippen LogP contribution in [0.15, 0.2) is 24.5 Å². The van der Waals surface area contributed by atoms with Crippen molar-refractivity contribution in [2.45, 2.75) is 25.4 Å². The topological polar surface area (TPSA) is 25.2 Å². The van der Waals surface area contributed by atoms with E-state index in [2.05, 4.69) is 11.5 Å². The summed E-state index contributed by atoms with van der Waals surface area (Å²) in [6, 6.07) is 3.95. The zero-order valence-electron chi connectivity index (χ0n) is 8.22. The van der Waals surface area contributed by atoms with E-state index in [0.29, 0.717) is 6.42 Å². The molecule has 1 aromatic heterocycles. The standard InChI is InChI=1S/C11H15N2O/c1-2-10(12-7-3-4-8-12)13-9-5-6-11(13)14/h3-4,7-8,10H,1-2,5-6,9H2.